The number of hydrogen-bond acceptors (Lipinski definition) is 5. The van der Waals surface area contributed by atoms with Crippen LogP contribution in [0.4, 0.5) is 5.69 Å². The average molecular weight is 328 g/mol. The molecule has 0 aromatic heterocycles. The molecule has 1 atom stereocenters. The van der Waals surface area contributed by atoms with E-state index in [0.29, 0.717) is 5.41 Å². The van der Waals surface area contributed by atoms with Crippen LogP contribution in [0.25, 0.3) is 0 Å². The molecule has 1 aliphatic heterocycles. The third-order valence-electron chi connectivity index (χ3n) is 4.93. The van der Waals surface area contributed by atoms with E-state index in [9.17, 15) is 0 Å². The van der Waals surface area contributed by atoms with Crippen LogP contribution in [0.3, 0.4) is 0 Å². The first-order valence-corrected chi connectivity index (χ1v) is 8.57. The van der Waals surface area contributed by atoms with Gasteiger partial charge in [0, 0.05) is 36.8 Å². The van der Waals surface area contributed by atoms with Gasteiger partial charge in [0.2, 0.25) is 0 Å². The Morgan fingerprint density at radius 1 is 1.48 bits per heavy atom. The number of benzene rings is 1. The second kappa shape index (κ2) is 6.24. The highest BCUT2D eigenvalue weighted by atomic mass is 35.5. The Morgan fingerprint density at radius 3 is 2.90 bits per heavy atom. The van der Waals surface area contributed by atoms with E-state index in [1.807, 2.05) is 18.2 Å². The van der Waals surface area contributed by atoms with Crippen LogP contribution in [-0.4, -0.2) is 31.0 Å². The standard InChI is InChI=1S/C15H22ClN3OS/c1-20-14-3-2-12(16)8-13(14)18-10-11-9-15(11)4-6-19(21-17)7-5-15/h2-3,8,11,18H,4-7,9-10,17H2,1H3. The van der Waals surface area contributed by atoms with Crippen molar-refractivity contribution in [2.24, 2.45) is 16.5 Å². The monoisotopic (exact) mass is 327 g/mol. The molecule has 0 bridgehead atoms. The number of piperidine rings is 1. The largest absolute Gasteiger partial charge is 0.495 e. The fourth-order valence-electron chi connectivity index (χ4n) is 3.42. The zero-order valence-electron chi connectivity index (χ0n) is 12.3. The zero-order valence-corrected chi connectivity index (χ0v) is 13.8. The molecule has 1 saturated carbocycles. The van der Waals surface area contributed by atoms with Gasteiger partial charge in [-0.3, -0.25) is 5.14 Å². The second-order valence-electron chi connectivity index (χ2n) is 6.02. The first-order chi connectivity index (χ1) is 10.2. The highest BCUT2D eigenvalue weighted by Crippen LogP contribution is 2.59. The summed E-state index contributed by atoms with van der Waals surface area (Å²) in [5.41, 5.74) is 1.53. The summed E-state index contributed by atoms with van der Waals surface area (Å²) in [6.07, 6.45) is 3.85. The van der Waals surface area contributed by atoms with E-state index >= 15 is 0 Å². The number of nitrogens with one attached hydrogen (secondary N) is 1. The maximum Gasteiger partial charge on any atom is 0.142 e. The van der Waals surface area contributed by atoms with Crippen molar-refractivity contribution in [3.05, 3.63) is 23.2 Å². The van der Waals surface area contributed by atoms with Crippen molar-refractivity contribution < 1.29 is 4.74 Å². The van der Waals surface area contributed by atoms with Gasteiger partial charge < -0.3 is 10.1 Å². The molecular weight excluding hydrogens is 306 g/mol. The topological polar surface area (TPSA) is 50.5 Å². The number of nitrogens with two attached hydrogens (primary N) is 1. The number of hydrogen-bond donors (Lipinski definition) is 2. The van der Waals surface area contributed by atoms with Gasteiger partial charge in [-0.2, -0.15) is 0 Å². The molecular formula is C15H22ClN3OS. The van der Waals surface area contributed by atoms with Gasteiger partial charge in [-0.05, 0) is 48.8 Å². The summed E-state index contributed by atoms with van der Waals surface area (Å²) >= 11 is 7.44. The predicted octanol–water partition coefficient (Wildman–Crippen LogP) is 3.38. The van der Waals surface area contributed by atoms with Crippen LogP contribution in [0.15, 0.2) is 18.2 Å². The number of ether oxygens (including phenoxy) is 1. The maximum absolute atomic E-state index is 6.06. The van der Waals surface area contributed by atoms with Gasteiger partial charge in [-0.15, -0.1) is 0 Å². The molecule has 2 fully saturated rings. The van der Waals surface area contributed by atoms with Crippen molar-refractivity contribution in [1.82, 2.24) is 4.31 Å². The summed E-state index contributed by atoms with van der Waals surface area (Å²) < 4.78 is 7.63. The number of halogens is 1. The molecule has 1 aliphatic carbocycles. The summed E-state index contributed by atoms with van der Waals surface area (Å²) in [6.45, 7) is 3.21. The van der Waals surface area contributed by atoms with Crippen molar-refractivity contribution in [1.29, 1.82) is 0 Å². The molecule has 0 amide bonds. The number of anilines is 1. The Labute approximate surface area is 135 Å². The first-order valence-electron chi connectivity index (χ1n) is 7.36. The third-order valence-corrected chi connectivity index (χ3v) is 5.82. The zero-order chi connectivity index (χ0) is 14.9. The van der Waals surface area contributed by atoms with Crippen molar-refractivity contribution in [3.63, 3.8) is 0 Å². The maximum atomic E-state index is 6.06. The molecule has 1 spiro atoms. The van der Waals surface area contributed by atoms with Crippen molar-refractivity contribution >= 4 is 29.4 Å². The Morgan fingerprint density at radius 2 is 2.24 bits per heavy atom. The molecule has 3 rings (SSSR count). The van der Waals surface area contributed by atoms with E-state index in [0.717, 1.165) is 42.0 Å². The molecule has 4 nitrogen and oxygen atoms in total. The average Bonchev–Trinajstić information content (AvgIpc) is 3.18. The minimum absolute atomic E-state index is 0.547. The summed E-state index contributed by atoms with van der Waals surface area (Å²) in [5.74, 6) is 1.61. The summed E-state index contributed by atoms with van der Waals surface area (Å²) in [7, 11) is 1.69. The smallest absolute Gasteiger partial charge is 0.142 e. The van der Waals surface area contributed by atoms with Crippen LogP contribution in [-0.2, 0) is 0 Å². The Kier molecular flexibility index (Phi) is 4.54. The lowest BCUT2D eigenvalue weighted by atomic mass is 9.92. The number of rotatable bonds is 5. The molecule has 1 aromatic rings. The van der Waals surface area contributed by atoms with Gasteiger partial charge in [-0.1, -0.05) is 11.6 Å². The molecule has 21 heavy (non-hydrogen) atoms. The molecule has 1 saturated heterocycles. The fraction of sp³-hybridized carbons (Fsp3) is 0.600. The van der Waals surface area contributed by atoms with E-state index in [-0.39, 0.29) is 0 Å². The van der Waals surface area contributed by atoms with Gasteiger partial charge in [0.1, 0.15) is 5.75 Å². The fourth-order valence-corrected chi connectivity index (χ4v) is 3.99. The molecule has 1 unspecified atom stereocenters. The molecule has 1 aromatic carbocycles. The van der Waals surface area contributed by atoms with E-state index in [2.05, 4.69) is 9.62 Å². The van der Waals surface area contributed by atoms with Gasteiger partial charge in [0.25, 0.3) is 0 Å². The molecule has 1 heterocycles. The molecule has 2 aliphatic rings. The van der Waals surface area contributed by atoms with E-state index in [1.54, 1.807) is 7.11 Å². The van der Waals surface area contributed by atoms with Gasteiger partial charge >= 0.3 is 0 Å². The lowest BCUT2D eigenvalue weighted by molar-refractivity contribution is 0.256. The SMILES string of the molecule is COc1ccc(Cl)cc1NCC1CC12CCN(SN)CC2. The van der Waals surface area contributed by atoms with E-state index < -0.39 is 0 Å². The van der Waals surface area contributed by atoms with Gasteiger partial charge in [0.15, 0.2) is 0 Å². The van der Waals surface area contributed by atoms with Crippen molar-refractivity contribution in [3.8, 4) is 5.75 Å². The third kappa shape index (κ3) is 3.26. The molecule has 6 heteroatoms. The summed E-state index contributed by atoms with van der Waals surface area (Å²) in [6, 6.07) is 5.69. The van der Waals surface area contributed by atoms with Crippen LogP contribution in [0.5, 0.6) is 5.75 Å². The quantitative estimate of drug-likeness (QED) is 0.812. The first kappa shape index (κ1) is 15.3. The highest BCUT2D eigenvalue weighted by molar-refractivity contribution is 7.94. The number of methoxy groups -OCH3 is 1. The minimum atomic E-state index is 0.547. The second-order valence-corrected chi connectivity index (χ2v) is 7.19. The minimum Gasteiger partial charge on any atom is -0.495 e. The van der Waals surface area contributed by atoms with Crippen LogP contribution in [0.1, 0.15) is 19.3 Å². The van der Waals surface area contributed by atoms with Crippen LogP contribution in [0, 0.1) is 11.3 Å². The molecule has 0 radical (unpaired) electrons. The lowest BCUT2D eigenvalue weighted by Crippen LogP contribution is -2.32. The summed E-state index contributed by atoms with van der Waals surface area (Å²) in [5, 5.41) is 9.88. The Hall–Kier alpha value is -0.620. The molecule has 116 valence electrons. The Bertz CT molecular complexity index is 506. The highest BCUT2D eigenvalue weighted by Gasteiger charge is 2.54. The van der Waals surface area contributed by atoms with Gasteiger partial charge in [0.05, 0.1) is 12.8 Å². The van der Waals surface area contributed by atoms with Gasteiger partial charge in [-0.25, -0.2) is 4.31 Å². The normalized spacial score (nSPS) is 24.0. The van der Waals surface area contributed by atoms with Crippen molar-refractivity contribution in [2.75, 3.05) is 32.1 Å². The molecule has 3 N–H and O–H groups in total. The van der Waals surface area contributed by atoms with E-state index in [1.165, 1.54) is 31.4 Å². The van der Waals surface area contributed by atoms with Crippen LogP contribution < -0.4 is 15.2 Å². The van der Waals surface area contributed by atoms with Crippen LogP contribution in [0.2, 0.25) is 5.02 Å². The summed E-state index contributed by atoms with van der Waals surface area (Å²) in [4.78, 5) is 0. The predicted molar refractivity (Wildman–Crippen MR) is 89.6 cm³/mol. The Balaban J connectivity index is 1.55. The van der Waals surface area contributed by atoms with Crippen LogP contribution >= 0.6 is 23.7 Å². The van der Waals surface area contributed by atoms with E-state index in [4.69, 9.17) is 21.5 Å². The lowest BCUT2D eigenvalue weighted by Gasteiger charge is -2.30. The van der Waals surface area contributed by atoms with Crippen molar-refractivity contribution in [2.45, 2.75) is 19.3 Å². The number of nitrogens with zero attached hydrogens (tertiary/aromatic N) is 1.